The highest BCUT2D eigenvalue weighted by atomic mass is 16.5. The standard InChI is InChI=1S/C16H19N3O3/c1-3-12-7-6-11(10-17-12)14-13(16(20)21-4-2)15-19(18-14)8-5-9-22-15/h6-7,10H,3-5,8-9H2,1-2H3. The lowest BCUT2D eigenvalue weighted by molar-refractivity contribution is 0.0520. The lowest BCUT2D eigenvalue weighted by Gasteiger charge is -2.15. The number of pyridine rings is 1. The zero-order chi connectivity index (χ0) is 15.5. The monoisotopic (exact) mass is 301 g/mol. The Hall–Kier alpha value is -2.37. The molecule has 0 radical (unpaired) electrons. The molecule has 0 N–H and O–H groups in total. The van der Waals surface area contributed by atoms with Crippen molar-refractivity contribution in [2.75, 3.05) is 13.2 Å². The van der Waals surface area contributed by atoms with Gasteiger partial charge in [-0.3, -0.25) is 4.98 Å². The van der Waals surface area contributed by atoms with E-state index in [1.165, 1.54) is 0 Å². The summed E-state index contributed by atoms with van der Waals surface area (Å²) >= 11 is 0. The molecule has 0 spiro atoms. The minimum Gasteiger partial charge on any atom is -0.477 e. The normalized spacial score (nSPS) is 13.4. The van der Waals surface area contributed by atoms with Crippen LogP contribution in [0.4, 0.5) is 0 Å². The SMILES string of the molecule is CCOC(=O)c1c(-c2ccc(CC)nc2)nn2c1OCCC2. The number of nitrogens with zero attached hydrogens (tertiary/aromatic N) is 3. The Labute approximate surface area is 129 Å². The van der Waals surface area contributed by atoms with Crippen molar-refractivity contribution in [1.29, 1.82) is 0 Å². The molecule has 22 heavy (non-hydrogen) atoms. The predicted molar refractivity (Wildman–Crippen MR) is 80.9 cm³/mol. The van der Waals surface area contributed by atoms with Crippen molar-refractivity contribution in [3.63, 3.8) is 0 Å². The first-order valence-electron chi connectivity index (χ1n) is 7.60. The maximum Gasteiger partial charge on any atom is 0.345 e. The Bertz CT molecular complexity index is 677. The van der Waals surface area contributed by atoms with Crippen LogP contribution in [0.5, 0.6) is 5.88 Å². The highest BCUT2D eigenvalue weighted by molar-refractivity contribution is 5.98. The zero-order valence-electron chi connectivity index (χ0n) is 12.8. The summed E-state index contributed by atoms with van der Waals surface area (Å²) in [6, 6.07) is 3.88. The summed E-state index contributed by atoms with van der Waals surface area (Å²) in [6.45, 7) is 5.48. The van der Waals surface area contributed by atoms with E-state index in [0.717, 1.165) is 30.6 Å². The van der Waals surface area contributed by atoms with Crippen LogP contribution in [0.3, 0.4) is 0 Å². The van der Waals surface area contributed by atoms with Gasteiger partial charge in [0.15, 0.2) is 0 Å². The minimum atomic E-state index is -0.403. The molecule has 0 aromatic carbocycles. The van der Waals surface area contributed by atoms with Gasteiger partial charge >= 0.3 is 5.97 Å². The third-order valence-electron chi connectivity index (χ3n) is 3.60. The number of esters is 1. The second-order valence-corrected chi connectivity index (χ2v) is 5.07. The molecule has 0 aliphatic carbocycles. The smallest absolute Gasteiger partial charge is 0.345 e. The lowest BCUT2D eigenvalue weighted by Crippen LogP contribution is -2.16. The maximum atomic E-state index is 12.3. The summed E-state index contributed by atoms with van der Waals surface area (Å²) < 4.78 is 12.5. The molecule has 0 saturated heterocycles. The summed E-state index contributed by atoms with van der Waals surface area (Å²) in [5.41, 5.74) is 2.77. The van der Waals surface area contributed by atoms with Crippen LogP contribution in [0.1, 0.15) is 36.3 Å². The van der Waals surface area contributed by atoms with E-state index in [4.69, 9.17) is 9.47 Å². The molecular formula is C16H19N3O3. The molecule has 3 rings (SSSR count). The van der Waals surface area contributed by atoms with Gasteiger partial charge in [-0.05, 0) is 25.5 Å². The number of hydrogen-bond acceptors (Lipinski definition) is 5. The number of aromatic nitrogens is 3. The third kappa shape index (κ3) is 2.56. The quantitative estimate of drug-likeness (QED) is 0.812. The van der Waals surface area contributed by atoms with E-state index in [2.05, 4.69) is 17.0 Å². The number of carbonyl (C=O) groups excluding carboxylic acids is 1. The maximum absolute atomic E-state index is 12.3. The molecule has 1 aliphatic rings. The van der Waals surface area contributed by atoms with E-state index in [1.807, 2.05) is 12.1 Å². The van der Waals surface area contributed by atoms with Crippen LogP contribution in [-0.4, -0.2) is 33.9 Å². The van der Waals surface area contributed by atoms with E-state index in [9.17, 15) is 4.79 Å². The molecular weight excluding hydrogens is 282 g/mol. The summed E-state index contributed by atoms with van der Waals surface area (Å²) in [7, 11) is 0. The van der Waals surface area contributed by atoms with Gasteiger partial charge < -0.3 is 9.47 Å². The van der Waals surface area contributed by atoms with Gasteiger partial charge in [0.25, 0.3) is 0 Å². The van der Waals surface area contributed by atoms with Crippen LogP contribution in [-0.2, 0) is 17.7 Å². The average molecular weight is 301 g/mol. The molecule has 0 unspecified atom stereocenters. The second-order valence-electron chi connectivity index (χ2n) is 5.07. The van der Waals surface area contributed by atoms with E-state index in [1.54, 1.807) is 17.8 Å². The summed E-state index contributed by atoms with van der Waals surface area (Å²) in [5, 5.41) is 4.53. The molecule has 3 heterocycles. The van der Waals surface area contributed by atoms with Crippen molar-refractivity contribution in [2.24, 2.45) is 0 Å². The largest absolute Gasteiger partial charge is 0.477 e. The molecule has 0 fully saturated rings. The fourth-order valence-corrected chi connectivity index (χ4v) is 2.49. The van der Waals surface area contributed by atoms with Gasteiger partial charge in [-0.2, -0.15) is 5.10 Å². The molecule has 6 nitrogen and oxygen atoms in total. The Morgan fingerprint density at radius 3 is 2.95 bits per heavy atom. The number of fused-ring (bicyclic) bond motifs is 1. The molecule has 2 aromatic rings. The molecule has 0 atom stereocenters. The highest BCUT2D eigenvalue weighted by Gasteiger charge is 2.29. The van der Waals surface area contributed by atoms with E-state index < -0.39 is 5.97 Å². The third-order valence-corrected chi connectivity index (χ3v) is 3.60. The molecule has 6 heteroatoms. The van der Waals surface area contributed by atoms with Crippen molar-refractivity contribution in [3.05, 3.63) is 29.6 Å². The van der Waals surface area contributed by atoms with E-state index in [0.29, 0.717) is 30.4 Å². The second kappa shape index (κ2) is 6.17. The molecule has 0 amide bonds. The van der Waals surface area contributed by atoms with Crippen LogP contribution < -0.4 is 4.74 Å². The highest BCUT2D eigenvalue weighted by Crippen LogP contribution is 2.33. The van der Waals surface area contributed by atoms with Gasteiger partial charge in [0, 0.05) is 30.4 Å². The molecule has 116 valence electrons. The minimum absolute atomic E-state index is 0.315. The van der Waals surface area contributed by atoms with Crippen molar-refractivity contribution in [3.8, 4) is 17.1 Å². The van der Waals surface area contributed by atoms with Crippen LogP contribution in [0, 0.1) is 0 Å². The Morgan fingerprint density at radius 1 is 1.41 bits per heavy atom. The number of aryl methyl sites for hydroxylation is 2. The molecule has 1 aliphatic heterocycles. The van der Waals surface area contributed by atoms with E-state index in [-0.39, 0.29) is 0 Å². The summed E-state index contributed by atoms with van der Waals surface area (Å²) in [6.07, 6.45) is 3.49. The van der Waals surface area contributed by atoms with Gasteiger partial charge in [-0.15, -0.1) is 0 Å². The van der Waals surface area contributed by atoms with Crippen LogP contribution in [0.2, 0.25) is 0 Å². The topological polar surface area (TPSA) is 66.2 Å². The van der Waals surface area contributed by atoms with Crippen LogP contribution in [0.25, 0.3) is 11.3 Å². The van der Waals surface area contributed by atoms with Crippen molar-refractivity contribution in [1.82, 2.24) is 14.8 Å². The number of ether oxygens (including phenoxy) is 2. The van der Waals surface area contributed by atoms with Gasteiger partial charge in [0.05, 0.1) is 13.2 Å². The Balaban J connectivity index is 2.08. The van der Waals surface area contributed by atoms with Crippen molar-refractivity contribution < 1.29 is 14.3 Å². The van der Waals surface area contributed by atoms with E-state index >= 15 is 0 Å². The first-order valence-corrected chi connectivity index (χ1v) is 7.60. The molecule has 0 saturated carbocycles. The summed E-state index contributed by atoms with van der Waals surface area (Å²) in [4.78, 5) is 16.7. The number of rotatable bonds is 4. The van der Waals surface area contributed by atoms with Crippen LogP contribution in [0.15, 0.2) is 18.3 Å². The number of carbonyl (C=O) groups is 1. The van der Waals surface area contributed by atoms with Gasteiger partial charge in [0.1, 0.15) is 11.3 Å². The van der Waals surface area contributed by atoms with Crippen LogP contribution >= 0.6 is 0 Å². The first kappa shape index (κ1) is 14.6. The predicted octanol–water partition coefficient (Wildman–Crippen LogP) is 2.47. The van der Waals surface area contributed by atoms with Gasteiger partial charge in [-0.25, -0.2) is 9.48 Å². The summed E-state index contributed by atoms with van der Waals surface area (Å²) in [5.74, 6) is 0.0967. The fraction of sp³-hybridized carbons (Fsp3) is 0.438. The number of hydrogen-bond donors (Lipinski definition) is 0. The van der Waals surface area contributed by atoms with Gasteiger partial charge in [0.2, 0.25) is 5.88 Å². The lowest BCUT2D eigenvalue weighted by atomic mass is 10.1. The van der Waals surface area contributed by atoms with Crippen molar-refractivity contribution >= 4 is 5.97 Å². The Kier molecular flexibility index (Phi) is 4.09. The zero-order valence-corrected chi connectivity index (χ0v) is 12.8. The molecule has 2 aromatic heterocycles. The van der Waals surface area contributed by atoms with Gasteiger partial charge in [-0.1, -0.05) is 6.92 Å². The first-order chi connectivity index (χ1) is 10.7. The van der Waals surface area contributed by atoms with Crippen molar-refractivity contribution in [2.45, 2.75) is 33.2 Å². The Morgan fingerprint density at radius 2 is 2.27 bits per heavy atom. The molecule has 0 bridgehead atoms. The average Bonchev–Trinajstić information content (AvgIpc) is 2.94. The fourth-order valence-electron chi connectivity index (χ4n) is 2.49.